The highest BCUT2D eigenvalue weighted by atomic mass is 35.5. The molecule has 1 aromatic carbocycles. The molecule has 0 radical (unpaired) electrons. The Hall–Kier alpha value is -2.40. The predicted octanol–water partition coefficient (Wildman–Crippen LogP) is 2.49. The molecule has 102 valence electrons. The van der Waals surface area contributed by atoms with Crippen molar-refractivity contribution in [1.82, 2.24) is 4.98 Å². The first-order chi connectivity index (χ1) is 9.50. The van der Waals surface area contributed by atoms with Gasteiger partial charge in [-0.25, -0.2) is 4.98 Å². The van der Waals surface area contributed by atoms with Crippen LogP contribution in [0.1, 0.15) is 22.0 Å². The number of pyridine rings is 1. The van der Waals surface area contributed by atoms with Crippen LogP contribution in [0.25, 0.3) is 0 Å². The number of hydrogen-bond donors (Lipinski definition) is 2. The number of nitrogens with zero attached hydrogens (tertiary/aromatic N) is 1. The Bertz CT molecular complexity index is 672. The van der Waals surface area contributed by atoms with Gasteiger partial charge in [-0.1, -0.05) is 23.7 Å². The zero-order valence-electron chi connectivity index (χ0n) is 10.2. The van der Waals surface area contributed by atoms with Gasteiger partial charge in [-0.3, -0.25) is 9.59 Å². The quantitative estimate of drug-likeness (QED) is 0.667. The molecule has 0 spiro atoms. The van der Waals surface area contributed by atoms with Gasteiger partial charge in [-0.05, 0) is 29.8 Å². The normalized spacial score (nSPS) is 11.8. The maximum Gasteiger partial charge on any atom is 0.319 e. The minimum absolute atomic E-state index is 0.236. The molecule has 1 heterocycles. The molecule has 0 bridgehead atoms. The molecule has 0 fully saturated rings. The number of carbonyl (C=O) groups excluding carboxylic acids is 1. The van der Waals surface area contributed by atoms with Gasteiger partial charge < -0.3 is 10.2 Å². The van der Waals surface area contributed by atoms with Crippen molar-refractivity contribution in [3.05, 3.63) is 58.9 Å². The second kappa shape index (κ2) is 5.71. The van der Waals surface area contributed by atoms with Gasteiger partial charge in [0, 0.05) is 11.2 Å². The van der Waals surface area contributed by atoms with Crippen molar-refractivity contribution in [3.8, 4) is 5.75 Å². The van der Waals surface area contributed by atoms with E-state index in [0.717, 1.165) is 0 Å². The van der Waals surface area contributed by atoms with Crippen LogP contribution in [0, 0.1) is 0 Å². The van der Waals surface area contributed by atoms with Gasteiger partial charge in [0.2, 0.25) is 5.78 Å². The third-order valence-electron chi connectivity index (χ3n) is 2.71. The number of ketones is 1. The number of hydrogen-bond acceptors (Lipinski definition) is 4. The van der Waals surface area contributed by atoms with Crippen molar-refractivity contribution in [2.75, 3.05) is 0 Å². The van der Waals surface area contributed by atoms with Gasteiger partial charge in [0.05, 0.1) is 0 Å². The Labute approximate surface area is 119 Å². The van der Waals surface area contributed by atoms with Gasteiger partial charge >= 0.3 is 5.97 Å². The summed E-state index contributed by atoms with van der Waals surface area (Å²) >= 11 is 5.81. The van der Waals surface area contributed by atoms with E-state index < -0.39 is 17.7 Å². The van der Waals surface area contributed by atoms with E-state index in [-0.39, 0.29) is 17.0 Å². The Morgan fingerprint density at radius 3 is 2.55 bits per heavy atom. The molecule has 1 aromatic heterocycles. The number of aromatic hydroxyl groups is 1. The predicted molar refractivity (Wildman–Crippen MR) is 72.1 cm³/mol. The summed E-state index contributed by atoms with van der Waals surface area (Å²) in [4.78, 5) is 27.4. The molecule has 0 amide bonds. The van der Waals surface area contributed by atoms with Crippen molar-refractivity contribution in [3.63, 3.8) is 0 Å². The number of carboxylic acid groups (broad SMARTS) is 1. The van der Waals surface area contributed by atoms with Gasteiger partial charge in [0.1, 0.15) is 17.4 Å². The second-order valence-corrected chi connectivity index (χ2v) is 4.50. The van der Waals surface area contributed by atoms with Gasteiger partial charge in [-0.15, -0.1) is 0 Å². The summed E-state index contributed by atoms with van der Waals surface area (Å²) in [5.74, 6) is -3.94. The third-order valence-corrected chi connectivity index (χ3v) is 2.95. The molecule has 1 atom stereocenters. The van der Waals surface area contributed by atoms with Crippen molar-refractivity contribution in [1.29, 1.82) is 0 Å². The molecule has 2 aromatic rings. The molecule has 1 unspecified atom stereocenters. The van der Waals surface area contributed by atoms with E-state index in [1.807, 2.05) is 0 Å². The summed E-state index contributed by atoms with van der Waals surface area (Å²) in [6.07, 6.45) is 1.31. The standard InChI is InChI=1S/C14H10ClNO4/c15-9-4-1-3-8(7-9)11(14(19)20)13(18)12-10(17)5-2-6-16-12/h1-7,11,17H,(H,19,20). The summed E-state index contributed by atoms with van der Waals surface area (Å²) in [6, 6.07) is 8.74. The van der Waals surface area contributed by atoms with Crippen LogP contribution in [0.3, 0.4) is 0 Å². The maximum absolute atomic E-state index is 12.3. The Morgan fingerprint density at radius 1 is 1.20 bits per heavy atom. The first kappa shape index (κ1) is 14.0. The average molecular weight is 292 g/mol. The largest absolute Gasteiger partial charge is 0.506 e. The number of Topliss-reactive ketones (excluding diaryl/α,β-unsaturated/α-hetero) is 1. The van der Waals surface area contributed by atoms with Crippen LogP contribution in [-0.2, 0) is 4.79 Å². The minimum Gasteiger partial charge on any atom is -0.506 e. The summed E-state index contributed by atoms with van der Waals surface area (Å²) in [7, 11) is 0. The highest BCUT2D eigenvalue weighted by molar-refractivity contribution is 6.30. The number of aromatic nitrogens is 1. The topological polar surface area (TPSA) is 87.5 Å². The van der Waals surface area contributed by atoms with Gasteiger partial charge in [0.15, 0.2) is 0 Å². The van der Waals surface area contributed by atoms with E-state index in [1.54, 1.807) is 12.1 Å². The molecule has 2 N–H and O–H groups in total. The third kappa shape index (κ3) is 2.78. The van der Waals surface area contributed by atoms with Crippen molar-refractivity contribution < 1.29 is 19.8 Å². The summed E-state index contributed by atoms with van der Waals surface area (Å²) in [6.45, 7) is 0. The summed E-state index contributed by atoms with van der Waals surface area (Å²) in [5.41, 5.74) is -0.0417. The Kier molecular flexibility index (Phi) is 4.00. The van der Waals surface area contributed by atoms with Crippen molar-refractivity contribution in [2.24, 2.45) is 0 Å². The first-order valence-electron chi connectivity index (χ1n) is 5.67. The van der Waals surface area contributed by atoms with Gasteiger partial charge in [-0.2, -0.15) is 0 Å². The zero-order chi connectivity index (χ0) is 14.7. The first-order valence-corrected chi connectivity index (χ1v) is 6.05. The minimum atomic E-state index is -1.46. The smallest absolute Gasteiger partial charge is 0.319 e. The van der Waals surface area contributed by atoms with E-state index in [4.69, 9.17) is 11.6 Å². The molecular formula is C14H10ClNO4. The van der Waals surface area contributed by atoms with E-state index in [1.165, 1.54) is 30.5 Å². The van der Waals surface area contributed by atoms with Gasteiger partial charge in [0.25, 0.3) is 0 Å². The molecular weight excluding hydrogens is 282 g/mol. The van der Waals surface area contributed by atoms with Crippen LogP contribution in [-0.4, -0.2) is 26.9 Å². The lowest BCUT2D eigenvalue weighted by Crippen LogP contribution is -2.22. The fourth-order valence-corrected chi connectivity index (χ4v) is 2.01. The zero-order valence-corrected chi connectivity index (χ0v) is 10.9. The van der Waals surface area contributed by atoms with E-state index in [9.17, 15) is 19.8 Å². The number of benzene rings is 1. The highest BCUT2D eigenvalue weighted by Crippen LogP contribution is 2.26. The summed E-state index contributed by atoms with van der Waals surface area (Å²) < 4.78 is 0. The average Bonchev–Trinajstić information content (AvgIpc) is 2.39. The summed E-state index contributed by atoms with van der Waals surface area (Å²) in [5, 5.41) is 19.2. The lowest BCUT2D eigenvalue weighted by atomic mass is 9.92. The molecule has 0 saturated carbocycles. The lowest BCUT2D eigenvalue weighted by Gasteiger charge is -2.12. The number of rotatable bonds is 4. The molecule has 0 aliphatic rings. The molecule has 0 aliphatic heterocycles. The van der Waals surface area contributed by atoms with Crippen LogP contribution in [0.15, 0.2) is 42.6 Å². The molecule has 2 rings (SSSR count). The fraction of sp³-hybridized carbons (Fsp3) is 0.0714. The van der Waals surface area contributed by atoms with Crippen molar-refractivity contribution >= 4 is 23.4 Å². The number of halogens is 1. The SMILES string of the molecule is O=C(O)C(C(=O)c1ncccc1O)c1cccc(Cl)c1. The van der Waals surface area contributed by atoms with Crippen LogP contribution in [0.2, 0.25) is 5.02 Å². The lowest BCUT2D eigenvalue weighted by molar-refractivity contribution is -0.137. The molecule has 5 nitrogen and oxygen atoms in total. The Morgan fingerprint density at radius 2 is 1.95 bits per heavy atom. The van der Waals surface area contributed by atoms with E-state index >= 15 is 0 Å². The number of carbonyl (C=O) groups is 2. The molecule has 6 heteroatoms. The fourth-order valence-electron chi connectivity index (χ4n) is 1.82. The molecule has 20 heavy (non-hydrogen) atoms. The van der Waals surface area contributed by atoms with Crippen LogP contribution in [0.5, 0.6) is 5.75 Å². The second-order valence-electron chi connectivity index (χ2n) is 4.06. The van der Waals surface area contributed by atoms with Crippen molar-refractivity contribution in [2.45, 2.75) is 5.92 Å². The molecule has 0 aliphatic carbocycles. The van der Waals surface area contributed by atoms with Crippen LogP contribution >= 0.6 is 11.6 Å². The van der Waals surface area contributed by atoms with E-state index in [0.29, 0.717) is 5.02 Å². The monoisotopic (exact) mass is 291 g/mol. The van der Waals surface area contributed by atoms with E-state index in [2.05, 4.69) is 4.98 Å². The number of aliphatic carboxylic acids is 1. The van der Waals surface area contributed by atoms with Crippen LogP contribution in [0.4, 0.5) is 0 Å². The highest BCUT2D eigenvalue weighted by Gasteiger charge is 2.31. The van der Waals surface area contributed by atoms with Crippen LogP contribution < -0.4 is 0 Å². The number of carboxylic acids is 1. The molecule has 0 saturated heterocycles. The maximum atomic E-state index is 12.3. The Balaban J connectivity index is 2.47.